The number of hydrogen-bond donors (Lipinski definition) is 1. The highest BCUT2D eigenvalue weighted by Crippen LogP contribution is 2.38. The second kappa shape index (κ2) is 4.88. The highest BCUT2D eigenvalue weighted by atomic mass is 15.2. The minimum absolute atomic E-state index is 0.464. The molecule has 0 aromatic carbocycles. The van der Waals surface area contributed by atoms with Gasteiger partial charge in [0.1, 0.15) is 23.9 Å². The molecule has 22 heavy (non-hydrogen) atoms. The number of nitrogens with one attached hydrogen (secondary N) is 1. The lowest BCUT2D eigenvalue weighted by atomic mass is 9.85. The molecule has 0 spiro atoms. The topological polar surface area (TPSA) is 73.5 Å². The number of aromatic nitrogens is 4. The van der Waals surface area contributed by atoms with Crippen molar-refractivity contribution in [2.75, 3.05) is 11.9 Å². The molecule has 0 unspecified atom stereocenters. The Morgan fingerprint density at radius 3 is 3.00 bits per heavy atom. The van der Waals surface area contributed by atoms with Crippen LogP contribution in [-0.4, -0.2) is 32.6 Å². The van der Waals surface area contributed by atoms with E-state index >= 15 is 0 Å². The number of anilines is 1. The minimum atomic E-state index is 0.464. The molecule has 1 fully saturated rings. The molecule has 3 aromatic heterocycles. The highest BCUT2D eigenvalue weighted by Gasteiger charge is 2.34. The van der Waals surface area contributed by atoms with Gasteiger partial charge in [0.2, 0.25) is 0 Å². The van der Waals surface area contributed by atoms with E-state index in [-0.39, 0.29) is 0 Å². The number of fused-ring (bicyclic) bond motifs is 1. The summed E-state index contributed by atoms with van der Waals surface area (Å²) in [6.07, 6.45) is 9.54. The maximum Gasteiger partial charge on any atom is 0.142 e. The molecule has 6 heteroatoms. The lowest BCUT2D eigenvalue weighted by Gasteiger charge is -2.42. The molecule has 3 aromatic rings. The van der Waals surface area contributed by atoms with Crippen molar-refractivity contribution < 1.29 is 0 Å². The summed E-state index contributed by atoms with van der Waals surface area (Å²) >= 11 is 0. The Kier molecular flexibility index (Phi) is 2.86. The Balaban J connectivity index is 1.50. The lowest BCUT2D eigenvalue weighted by Crippen LogP contribution is -2.43. The van der Waals surface area contributed by atoms with Gasteiger partial charge in [-0.05, 0) is 25.0 Å². The molecule has 1 aliphatic carbocycles. The molecule has 3 heterocycles. The van der Waals surface area contributed by atoms with Crippen molar-refractivity contribution in [2.45, 2.75) is 24.9 Å². The first-order valence-electron chi connectivity index (χ1n) is 7.35. The van der Waals surface area contributed by atoms with Crippen LogP contribution < -0.4 is 4.90 Å². The third-order valence-electron chi connectivity index (χ3n) is 4.57. The molecule has 1 aliphatic rings. The Hall–Kier alpha value is -2.81. The third-order valence-corrected chi connectivity index (χ3v) is 4.57. The summed E-state index contributed by atoms with van der Waals surface area (Å²) in [5, 5.41) is 9.96. The van der Waals surface area contributed by atoms with Gasteiger partial charge < -0.3 is 14.5 Å². The van der Waals surface area contributed by atoms with Crippen molar-refractivity contribution in [3.8, 4) is 6.07 Å². The van der Waals surface area contributed by atoms with Gasteiger partial charge in [0, 0.05) is 37.7 Å². The van der Waals surface area contributed by atoms with Gasteiger partial charge in [-0.3, -0.25) is 0 Å². The van der Waals surface area contributed by atoms with Crippen LogP contribution in [0.25, 0.3) is 11.0 Å². The van der Waals surface area contributed by atoms with Crippen LogP contribution in [0.3, 0.4) is 0 Å². The summed E-state index contributed by atoms with van der Waals surface area (Å²) in [5.41, 5.74) is 1.60. The van der Waals surface area contributed by atoms with Crippen LogP contribution in [0, 0.1) is 11.3 Å². The van der Waals surface area contributed by atoms with E-state index in [2.05, 4.69) is 37.5 Å². The van der Waals surface area contributed by atoms with Crippen molar-refractivity contribution in [3.05, 3.63) is 42.6 Å². The lowest BCUT2D eigenvalue weighted by molar-refractivity contribution is 0.259. The van der Waals surface area contributed by atoms with Crippen molar-refractivity contribution in [1.29, 1.82) is 5.26 Å². The zero-order valence-electron chi connectivity index (χ0n) is 12.3. The molecule has 0 saturated heterocycles. The van der Waals surface area contributed by atoms with Crippen molar-refractivity contribution in [2.24, 2.45) is 0 Å². The Morgan fingerprint density at radius 1 is 1.36 bits per heavy atom. The molecular formula is C16H16N6. The monoisotopic (exact) mass is 292 g/mol. The van der Waals surface area contributed by atoms with Crippen molar-refractivity contribution in [1.82, 2.24) is 19.5 Å². The maximum atomic E-state index is 8.90. The number of nitrogens with zero attached hydrogens (tertiary/aromatic N) is 5. The molecule has 6 nitrogen and oxygen atoms in total. The normalized spacial score (nSPS) is 20.5. The maximum absolute atomic E-state index is 8.90. The first kappa shape index (κ1) is 12.9. The number of aromatic amines is 1. The predicted molar refractivity (Wildman–Crippen MR) is 83.5 cm³/mol. The van der Waals surface area contributed by atoms with E-state index in [0.717, 1.165) is 35.3 Å². The second-order valence-corrected chi connectivity index (χ2v) is 5.79. The quantitative estimate of drug-likeness (QED) is 0.804. The predicted octanol–water partition coefficient (Wildman–Crippen LogP) is 2.47. The zero-order chi connectivity index (χ0) is 15.1. The standard InChI is InChI=1S/C16H16N6/c1-21(16-14-2-4-18-15(14)19-10-20-16)12-6-13(7-12)22-5-3-11(8-17)9-22/h2-5,9-10,12-13H,6-7H2,1H3,(H,18,19,20). The molecule has 1 saturated carbocycles. The van der Waals surface area contributed by atoms with Crippen molar-refractivity contribution in [3.63, 3.8) is 0 Å². The zero-order valence-corrected chi connectivity index (χ0v) is 12.3. The molecule has 0 atom stereocenters. The highest BCUT2D eigenvalue weighted by molar-refractivity contribution is 5.87. The fourth-order valence-corrected chi connectivity index (χ4v) is 3.14. The number of hydrogen-bond acceptors (Lipinski definition) is 4. The number of nitriles is 1. The van der Waals surface area contributed by atoms with E-state index in [1.807, 2.05) is 30.7 Å². The van der Waals surface area contributed by atoms with E-state index in [9.17, 15) is 0 Å². The Morgan fingerprint density at radius 2 is 2.23 bits per heavy atom. The molecule has 1 N–H and O–H groups in total. The van der Waals surface area contributed by atoms with Crippen molar-refractivity contribution >= 4 is 16.9 Å². The largest absolute Gasteiger partial charge is 0.356 e. The first-order valence-corrected chi connectivity index (χ1v) is 7.35. The van der Waals surface area contributed by atoms with Gasteiger partial charge in [-0.1, -0.05) is 0 Å². The second-order valence-electron chi connectivity index (χ2n) is 5.79. The third kappa shape index (κ3) is 1.94. The fourth-order valence-electron chi connectivity index (χ4n) is 3.14. The van der Waals surface area contributed by atoms with Gasteiger partial charge in [-0.15, -0.1) is 0 Å². The van der Waals surface area contributed by atoms with E-state index in [4.69, 9.17) is 5.26 Å². The van der Waals surface area contributed by atoms with Crippen LogP contribution in [0.4, 0.5) is 5.82 Å². The molecule has 0 aliphatic heterocycles. The summed E-state index contributed by atoms with van der Waals surface area (Å²) in [4.78, 5) is 14.0. The van der Waals surface area contributed by atoms with Gasteiger partial charge in [-0.25, -0.2) is 9.97 Å². The molecule has 0 radical (unpaired) electrons. The van der Waals surface area contributed by atoms with Crippen LogP contribution >= 0.6 is 0 Å². The van der Waals surface area contributed by atoms with Crippen LogP contribution in [-0.2, 0) is 0 Å². The molecule has 110 valence electrons. The van der Waals surface area contributed by atoms with Crippen LogP contribution in [0.15, 0.2) is 37.1 Å². The van der Waals surface area contributed by atoms with Crippen LogP contribution in [0.2, 0.25) is 0 Å². The summed E-state index contributed by atoms with van der Waals surface area (Å²) in [5.74, 6) is 0.972. The summed E-state index contributed by atoms with van der Waals surface area (Å²) in [6, 6.07) is 6.99. The number of rotatable bonds is 3. The summed E-state index contributed by atoms with van der Waals surface area (Å²) in [6.45, 7) is 0. The molecule has 0 amide bonds. The Bertz CT molecular complexity index is 849. The number of H-pyrrole nitrogens is 1. The van der Waals surface area contributed by atoms with Gasteiger partial charge in [0.15, 0.2) is 0 Å². The smallest absolute Gasteiger partial charge is 0.142 e. The molecule has 0 bridgehead atoms. The van der Waals surface area contributed by atoms with Crippen LogP contribution in [0.1, 0.15) is 24.4 Å². The Labute approximate surface area is 128 Å². The average Bonchev–Trinajstić information content (AvgIpc) is 3.13. The van der Waals surface area contributed by atoms with Gasteiger partial charge in [-0.2, -0.15) is 5.26 Å². The first-order chi connectivity index (χ1) is 10.8. The van der Waals surface area contributed by atoms with E-state index in [0.29, 0.717) is 12.1 Å². The fraction of sp³-hybridized carbons (Fsp3) is 0.312. The van der Waals surface area contributed by atoms with Gasteiger partial charge in [0.05, 0.1) is 10.9 Å². The van der Waals surface area contributed by atoms with E-state index < -0.39 is 0 Å². The van der Waals surface area contributed by atoms with Gasteiger partial charge in [0.25, 0.3) is 0 Å². The SMILES string of the molecule is CN(c1ncnc2[nH]ccc12)C1CC(n2ccc(C#N)c2)C1. The van der Waals surface area contributed by atoms with E-state index in [1.54, 1.807) is 6.33 Å². The van der Waals surface area contributed by atoms with E-state index in [1.165, 1.54) is 0 Å². The minimum Gasteiger partial charge on any atom is -0.356 e. The summed E-state index contributed by atoms with van der Waals surface area (Å²) < 4.78 is 2.15. The summed E-state index contributed by atoms with van der Waals surface area (Å²) in [7, 11) is 2.09. The molecular weight excluding hydrogens is 276 g/mol. The van der Waals surface area contributed by atoms with Gasteiger partial charge >= 0.3 is 0 Å². The average molecular weight is 292 g/mol. The molecule has 4 rings (SSSR count). The van der Waals surface area contributed by atoms with Crippen LogP contribution in [0.5, 0.6) is 0 Å².